The number of aromatic nitrogens is 4. The lowest BCUT2D eigenvalue weighted by atomic mass is 10.2. The average Bonchev–Trinajstić information content (AvgIpc) is 3.46. The van der Waals surface area contributed by atoms with Gasteiger partial charge in [0.25, 0.3) is 5.89 Å². The lowest BCUT2D eigenvalue weighted by Crippen LogP contribution is -2.09. The summed E-state index contributed by atoms with van der Waals surface area (Å²) >= 11 is 0. The zero-order chi connectivity index (χ0) is 20.2. The minimum Gasteiger partial charge on any atom is -0.497 e. The summed E-state index contributed by atoms with van der Waals surface area (Å²) in [4.78, 5) is 12.4. The third kappa shape index (κ3) is 4.01. The number of nitrogens with zero attached hydrogens (tertiary/aromatic N) is 4. The van der Waals surface area contributed by atoms with E-state index in [9.17, 15) is 4.79 Å². The lowest BCUT2D eigenvalue weighted by molar-refractivity contribution is 0.0280. The van der Waals surface area contributed by atoms with E-state index in [1.165, 1.54) is 0 Å². The van der Waals surface area contributed by atoms with E-state index in [1.807, 2.05) is 24.4 Å². The van der Waals surface area contributed by atoms with Crippen LogP contribution >= 0.6 is 0 Å². The van der Waals surface area contributed by atoms with Crippen LogP contribution in [0.5, 0.6) is 5.75 Å². The molecule has 0 spiro atoms. The number of ether oxygens (including phenoxy) is 2. The molecule has 146 valence electrons. The second kappa shape index (κ2) is 7.97. The molecule has 0 N–H and O–H groups in total. The zero-order valence-electron chi connectivity index (χ0n) is 15.9. The van der Waals surface area contributed by atoms with E-state index in [4.69, 9.17) is 13.9 Å². The van der Waals surface area contributed by atoms with Gasteiger partial charge in [-0.3, -0.25) is 0 Å². The fourth-order valence-corrected chi connectivity index (χ4v) is 2.70. The van der Waals surface area contributed by atoms with Crippen molar-refractivity contribution in [2.24, 2.45) is 0 Å². The molecule has 2 aromatic heterocycles. The van der Waals surface area contributed by atoms with Gasteiger partial charge in [0.2, 0.25) is 5.89 Å². The second-order valence-electron chi connectivity index (χ2n) is 6.22. The van der Waals surface area contributed by atoms with Gasteiger partial charge in [-0.25, -0.2) is 9.48 Å². The maximum absolute atomic E-state index is 12.4. The fourth-order valence-electron chi connectivity index (χ4n) is 2.70. The zero-order valence-corrected chi connectivity index (χ0v) is 15.9. The van der Waals surface area contributed by atoms with E-state index >= 15 is 0 Å². The predicted molar refractivity (Wildman–Crippen MR) is 104 cm³/mol. The number of rotatable bonds is 6. The Morgan fingerprint density at radius 2 is 1.83 bits per heavy atom. The van der Waals surface area contributed by atoms with Crippen LogP contribution in [0.2, 0.25) is 0 Å². The molecule has 8 nitrogen and oxygen atoms in total. The molecule has 0 aliphatic heterocycles. The van der Waals surface area contributed by atoms with Crippen LogP contribution in [0.3, 0.4) is 0 Å². The first-order chi connectivity index (χ1) is 14.1. The van der Waals surface area contributed by atoms with Crippen molar-refractivity contribution < 1.29 is 18.7 Å². The molecular formula is C21H18N4O4. The molecule has 1 atom stereocenters. The Morgan fingerprint density at radius 3 is 2.48 bits per heavy atom. The summed E-state index contributed by atoms with van der Waals surface area (Å²) in [5, 5.41) is 12.2. The molecule has 0 aliphatic carbocycles. The Bertz CT molecular complexity index is 1090. The summed E-state index contributed by atoms with van der Waals surface area (Å²) in [6.07, 6.45) is 2.83. The number of esters is 1. The maximum atomic E-state index is 12.4. The third-order valence-corrected chi connectivity index (χ3v) is 4.28. The van der Waals surface area contributed by atoms with Crippen molar-refractivity contribution in [3.63, 3.8) is 0 Å². The predicted octanol–water partition coefficient (Wildman–Crippen LogP) is 3.85. The van der Waals surface area contributed by atoms with E-state index in [1.54, 1.807) is 61.3 Å². The number of benzene rings is 2. The second-order valence-corrected chi connectivity index (χ2v) is 6.22. The number of hydrogen-bond acceptors (Lipinski definition) is 7. The van der Waals surface area contributed by atoms with Crippen LogP contribution in [-0.4, -0.2) is 33.1 Å². The smallest absolute Gasteiger partial charge is 0.338 e. The van der Waals surface area contributed by atoms with Crippen LogP contribution in [0.1, 0.15) is 29.3 Å². The van der Waals surface area contributed by atoms with Gasteiger partial charge in [0, 0.05) is 18.0 Å². The largest absolute Gasteiger partial charge is 0.497 e. The number of methoxy groups -OCH3 is 1. The van der Waals surface area contributed by atoms with Crippen molar-refractivity contribution >= 4 is 5.97 Å². The SMILES string of the molecule is COc1ccc(-c2nnc(C(C)OC(=O)c3ccc(-n4cccn4)cc3)o2)cc1. The molecule has 2 heterocycles. The van der Waals surface area contributed by atoms with Crippen LogP contribution in [0.4, 0.5) is 0 Å². The Labute approximate surface area is 166 Å². The van der Waals surface area contributed by atoms with E-state index in [-0.39, 0.29) is 5.89 Å². The first kappa shape index (κ1) is 18.4. The quantitative estimate of drug-likeness (QED) is 0.462. The molecule has 0 aliphatic rings. The van der Waals surface area contributed by atoms with Crippen molar-refractivity contribution in [3.8, 4) is 22.9 Å². The first-order valence-corrected chi connectivity index (χ1v) is 8.93. The van der Waals surface area contributed by atoms with Gasteiger partial charge in [0.1, 0.15) is 5.75 Å². The summed E-state index contributed by atoms with van der Waals surface area (Å²) in [6.45, 7) is 1.68. The molecule has 1 unspecified atom stereocenters. The van der Waals surface area contributed by atoms with Gasteiger partial charge >= 0.3 is 5.97 Å². The highest BCUT2D eigenvalue weighted by Gasteiger charge is 2.20. The number of carbonyl (C=O) groups excluding carboxylic acids is 1. The van der Waals surface area contributed by atoms with E-state index in [0.717, 1.165) is 17.0 Å². The van der Waals surface area contributed by atoms with Gasteiger partial charge in [-0.1, -0.05) is 0 Å². The Morgan fingerprint density at radius 1 is 1.07 bits per heavy atom. The number of hydrogen-bond donors (Lipinski definition) is 0. The Hall–Kier alpha value is -3.94. The monoisotopic (exact) mass is 390 g/mol. The fraction of sp³-hybridized carbons (Fsp3) is 0.143. The number of carbonyl (C=O) groups is 1. The Kier molecular flexibility index (Phi) is 5.07. The summed E-state index contributed by atoms with van der Waals surface area (Å²) in [7, 11) is 1.60. The van der Waals surface area contributed by atoms with Gasteiger partial charge in [-0.05, 0) is 61.5 Å². The van der Waals surface area contributed by atoms with E-state index < -0.39 is 12.1 Å². The molecule has 0 amide bonds. The molecule has 29 heavy (non-hydrogen) atoms. The topological polar surface area (TPSA) is 92.3 Å². The summed E-state index contributed by atoms with van der Waals surface area (Å²) in [5.74, 6) is 0.814. The van der Waals surface area contributed by atoms with Crippen LogP contribution < -0.4 is 4.74 Å². The molecule has 0 radical (unpaired) electrons. The maximum Gasteiger partial charge on any atom is 0.338 e. The Balaban J connectivity index is 1.43. The van der Waals surface area contributed by atoms with Crippen molar-refractivity contribution in [1.82, 2.24) is 20.0 Å². The molecule has 0 saturated carbocycles. The molecule has 4 aromatic rings. The van der Waals surface area contributed by atoms with Crippen LogP contribution in [0.25, 0.3) is 17.1 Å². The summed E-state index contributed by atoms with van der Waals surface area (Å²) in [6, 6.07) is 16.0. The van der Waals surface area contributed by atoms with Gasteiger partial charge in [-0.15, -0.1) is 10.2 Å². The molecule has 0 fully saturated rings. The highest BCUT2D eigenvalue weighted by molar-refractivity contribution is 5.89. The summed E-state index contributed by atoms with van der Waals surface area (Å²) < 4.78 is 18.0. The van der Waals surface area contributed by atoms with Crippen molar-refractivity contribution in [1.29, 1.82) is 0 Å². The van der Waals surface area contributed by atoms with Gasteiger partial charge < -0.3 is 13.9 Å². The minimum atomic E-state index is -0.687. The van der Waals surface area contributed by atoms with Gasteiger partial charge in [0.05, 0.1) is 18.4 Å². The van der Waals surface area contributed by atoms with Crippen molar-refractivity contribution in [3.05, 3.63) is 78.4 Å². The van der Waals surface area contributed by atoms with Crippen molar-refractivity contribution in [2.45, 2.75) is 13.0 Å². The molecule has 2 aromatic carbocycles. The molecule has 8 heteroatoms. The van der Waals surface area contributed by atoms with E-state index in [2.05, 4.69) is 15.3 Å². The van der Waals surface area contributed by atoms with Crippen molar-refractivity contribution in [2.75, 3.05) is 7.11 Å². The van der Waals surface area contributed by atoms with Crippen LogP contribution in [0.15, 0.2) is 71.4 Å². The highest BCUT2D eigenvalue weighted by Crippen LogP contribution is 2.25. The molecule has 0 bridgehead atoms. The first-order valence-electron chi connectivity index (χ1n) is 8.93. The van der Waals surface area contributed by atoms with Crippen LogP contribution in [0, 0.1) is 0 Å². The molecule has 4 rings (SSSR count). The highest BCUT2D eigenvalue weighted by atomic mass is 16.6. The molecular weight excluding hydrogens is 372 g/mol. The lowest BCUT2D eigenvalue weighted by Gasteiger charge is -2.10. The van der Waals surface area contributed by atoms with Gasteiger partial charge in [0.15, 0.2) is 6.10 Å². The average molecular weight is 390 g/mol. The third-order valence-electron chi connectivity index (χ3n) is 4.28. The van der Waals surface area contributed by atoms with E-state index in [0.29, 0.717) is 11.5 Å². The minimum absolute atomic E-state index is 0.220. The van der Waals surface area contributed by atoms with Gasteiger partial charge in [-0.2, -0.15) is 5.10 Å². The normalized spacial score (nSPS) is 11.8. The molecule has 0 saturated heterocycles. The van der Waals surface area contributed by atoms with Crippen LogP contribution in [-0.2, 0) is 4.74 Å². The summed E-state index contributed by atoms with van der Waals surface area (Å²) in [5.41, 5.74) is 2.01. The standard InChI is InChI=1S/C21H18N4O4/c1-14(19-23-24-20(29-19)15-6-10-18(27-2)11-7-15)28-21(26)16-4-8-17(9-5-16)25-13-3-12-22-25/h3-14H,1-2H3.